The van der Waals surface area contributed by atoms with Gasteiger partial charge < -0.3 is 35.2 Å². The molecular formula is C41H44N8O8. The van der Waals surface area contributed by atoms with Crippen LogP contribution in [0.4, 0.5) is 0 Å². The number of carbonyl (C=O) groups excluding carboxylic acids is 6. The summed E-state index contributed by atoms with van der Waals surface area (Å²) in [6, 6.07) is 19.0. The molecule has 2 fully saturated rings. The molecular weight excluding hydrogens is 732 g/mol. The van der Waals surface area contributed by atoms with Crippen LogP contribution in [0.2, 0.25) is 0 Å². The van der Waals surface area contributed by atoms with Crippen LogP contribution in [0.15, 0.2) is 72.9 Å². The number of hydrogen-bond donors (Lipinski definition) is 3. The molecule has 0 aliphatic carbocycles. The van der Waals surface area contributed by atoms with Gasteiger partial charge in [0.2, 0.25) is 29.4 Å². The molecule has 3 aliphatic rings. The predicted molar refractivity (Wildman–Crippen MR) is 204 cm³/mol. The smallest absolute Gasteiger partial charge is 0.289 e. The number of ketones is 1. The summed E-state index contributed by atoms with van der Waals surface area (Å²) in [5, 5.41) is 16.4. The molecule has 4 aromatic rings. The highest BCUT2D eigenvalue weighted by Gasteiger charge is 2.40. The number of carbonyl (C=O) groups is 6. The van der Waals surface area contributed by atoms with Crippen molar-refractivity contribution in [2.24, 2.45) is 5.92 Å². The second-order valence-corrected chi connectivity index (χ2v) is 14.4. The van der Waals surface area contributed by atoms with Crippen molar-refractivity contribution in [1.82, 2.24) is 40.7 Å². The van der Waals surface area contributed by atoms with Crippen molar-refractivity contribution in [1.29, 1.82) is 0 Å². The largest absolute Gasteiger partial charge is 0.493 e. The molecule has 0 radical (unpaired) electrons. The second kappa shape index (κ2) is 17.1. The highest BCUT2D eigenvalue weighted by Crippen LogP contribution is 2.30. The van der Waals surface area contributed by atoms with Gasteiger partial charge in [0, 0.05) is 44.1 Å². The third kappa shape index (κ3) is 8.64. The molecule has 7 rings (SSSR count). The van der Waals surface area contributed by atoms with Crippen molar-refractivity contribution in [3.8, 4) is 22.8 Å². The fraction of sp³-hybridized carbons (Fsp3) is 0.366. The lowest BCUT2D eigenvalue weighted by Gasteiger charge is -2.23. The van der Waals surface area contributed by atoms with Crippen molar-refractivity contribution >= 4 is 35.3 Å². The Hall–Kier alpha value is -6.58. The first-order chi connectivity index (χ1) is 27.6. The molecule has 1 aromatic heterocycles. The normalized spacial score (nSPS) is 18.5. The molecule has 0 bridgehead atoms. The van der Waals surface area contributed by atoms with E-state index in [-0.39, 0.29) is 31.8 Å². The minimum atomic E-state index is -0.954. The summed E-state index contributed by atoms with van der Waals surface area (Å²) < 4.78 is 12.3. The number of nitrogens with zero attached hydrogens (tertiary/aromatic N) is 5. The third-order valence-corrected chi connectivity index (χ3v) is 10.7. The number of fused-ring (bicyclic) bond motifs is 1. The fourth-order valence-corrected chi connectivity index (χ4v) is 7.67. The molecule has 0 saturated carbocycles. The Balaban J connectivity index is 0.868. The van der Waals surface area contributed by atoms with E-state index in [1.165, 1.54) is 19.1 Å². The maximum atomic E-state index is 13.5. The van der Waals surface area contributed by atoms with Crippen molar-refractivity contribution in [3.05, 3.63) is 95.2 Å². The molecule has 3 N–H and O–H groups in total. The van der Waals surface area contributed by atoms with E-state index in [0.29, 0.717) is 49.5 Å². The molecule has 3 atom stereocenters. The van der Waals surface area contributed by atoms with Crippen LogP contribution in [0.1, 0.15) is 47.9 Å². The number of benzene rings is 3. The van der Waals surface area contributed by atoms with E-state index in [0.717, 1.165) is 27.9 Å². The Morgan fingerprint density at radius 2 is 1.72 bits per heavy atom. The third-order valence-electron chi connectivity index (χ3n) is 10.7. The van der Waals surface area contributed by atoms with E-state index in [1.54, 1.807) is 27.8 Å². The number of nitrogens with one attached hydrogen (secondary N) is 3. The summed E-state index contributed by atoms with van der Waals surface area (Å²) in [4.78, 5) is 81.6. The lowest BCUT2D eigenvalue weighted by molar-refractivity contribution is -0.144. The van der Waals surface area contributed by atoms with Gasteiger partial charge in [0.15, 0.2) is 11.5 Å². The summed E-state index contributed by atoms with van der Waals surface area (Å²) in [6.45, 7) is 1.20. The SMILES string of the molecule is COc1ccc(CNC(=O)C(=O)C2CCCN2C(=O)CNC(=O)C2C[C@@H](CC(=O)N3Cc4cccc(Cn5cc(-c6ccccc6)nn5)c4C3)C(=O)N2)cc1OC. The van der Waals surface area contributed by atoms with E-state index in [2.05, 4.69) is 26.3 Å². The van der Waals surface area contributed by atoms with Crippen molar-refractivity contribution < 1.29 is 38.2 Å². The zero-order chi connectivity index (χ0) is 40.1. The summed E-state index contributed by atoms with van der Waals surface area (Å²) in [6.07, 6.45) is 2.76. The number of methoxy groups -OCH3 is 2. The van der Waals surface area contributed by atoms with Crippen LogP contribution in [-0.4, -0.2) is 99.5 Å². The highest BCUT2D eigenvalue weighted by molar-refractivity contribution is 6.38. The van der Waals surface area contributed by atoms with E-state index >= 15 is 0 Å². The Bertz CT molecular complexity index is 2190. The summed E-state index contributed by atoms with van der Waals surface area (Å²) in [7, 11) is 3.01. The Morgan fingerprint density at radius 1 is 0.912 bits per heavy atom. The number of ether oxygens (including phenoxy) is 2. The number of amides is 5. The van der Waals surface area contributed by atoms with Crippen LogP contribution >= 0.6 is 0 Å². The molecule has 2 unspecified atom stereocenters. The summed E-state index contributed by atoms with van der Waals surface area (Å²) in [5.41, 5.74) is 5.52. The van der Waals surface area contributed by atoms with Gasteiger partial charge in [-0.15, -0.1) is 5.10 Å². The Kier molecular flexibility index (Phi) is 11.6. The maximum Gasteiger partial charge on any atom is 0.289 e. The van der Waals surface area contributed by atoms with Gasteiger partial charge in [-0.05, 0) is 53.6 Å². The maximum absolute atomic E-state index is 13.5. The zero-order valence-corrected chi connectivity index (χ0v) is 31.7. The van der Waals surface area contributed by atoms with Gasteiger partial charge in [0.25, 0.3) is 5.91 Å². The highest BCUT2D eigenvalue weighted by atomic mass is 16.5. The van der Waals surface area contributed by atoms with Crippen LogP contribution in [-0.2, 0) is 54.9 Å². The predicted octanol–water partition coefficient (Wildman–Crippen LogP) is 1.74. The van der Waals surface area contributed by atoms with Crippen molar-refractivity contribution in [2.75, 3.05) is 27.3 Å². The van der Waals surface area contributed by atoms with Gasteiger partial charge in [-0.25, -0.2) is 4.68 Å². The van der Waals surface area contributed by atoms with Crippen LogP contribution in [0.25, 0.3) is 11.3 Å². The van der Waals surface area contributed by atoms with Crippen LogP contribution in [0.5, 0.6) is 11.5 Å². The van der Waals surface area contributed by atoms with Crippen molar-refractivity contribution in [2.45, 2.75) is 63.9 Å². The molecule has 296 valence electrons. The fourth-order valence-electron chi connectivity index (χ4n) is 7.67. The number of aromatic nitrogens is 3. The molecule has 16 nitrogen and oxygen atoms in total. The Morgan fingerprint density at radius 3 is 2.51 bits per heavy atom. The molecule has 57 heavy (non-hydrogen) atoms. The molecule has 3 aliphatic heterocycles. The van der Waals surface area contributed by atoms with Crippen LogP contribution < -0.4 is 25.4 Å². The van der Waals surface area contributed by atoms with Gasteiger partial charge in [-0.1, -0.05) is 59.8 Å². The lowest BCUT2D eigenvalue weighted by atomic mass is 10.00. The van der Waals surface area contributed by atoms with Gasteiger partial charge in [0.05, 0.1) is 33.5 Å². The van der Waals surface area contributed by atoms with E-state index < -0.39 is 54.0 Å². The number of rotatable bonds is 14. The molecule has 0 spiro atoms. The average Bonchev–Trinajstić information content (AvgIpc) is 4.06. The number of Topliss-reactive ketones (excluding diaryl/α,β-unsaturated/α-hetero) is 1. The zero-order valence-electron chi connectivity index (χ0n) is 31.7. The quantitative estimate of drug-likeness (QED) is 0.159. The van der Waals surface area contributed by atoms with E-state index in [1.807, 2.05) is 54.7 Å². The molecule has 3 aromatic carbocycles. The molecule has 4 heterocycles. The second-order valence-electron chi connectivity index (χ2n) is 14.4. The van der Waals surface area contributed by atoms with Gasteiger partial charge in [0.1, 0.15) is 17.8 Å². The van der Waals surface area contributed by atoms with Gasteiger partial charge >= 0.3 is 0 Å². The minimum absolute atomic E-state index is 0.0625. The van der Waals surface area contributed by atoms with Gasteiger partial charge in [-0.3, -0.25) is 28.8 Å². The van der Waals surface area contributed by atoms with E-state index in [9.17, 15) is 28.8 Å². The lowest BCUT2D eigenvalue weighted by Crippen LogP contribution is -2.50. The summed E-state index contributed by atoms with van der Waals surface area (Å²) >= 11 is 0. The standard InChI is InChI=1S/C41H44N8O8/c1-56-34-14-13-25(16-35(34)57-2)19-42-41(55)38(52)33-12-7-15-49(33)37(51)20-43-40(54)31-17-29(39(53)44-31)18-36(50)47-21-27-10-6-11-28(30(27)23-47)22-48-24-32(45-46-48)26-8-4-3-5-9-26/h3-6,8-11,13-14,16,24,29,31,33H,7,12,15,17-23H2,1-2H3,(H,42,55)(H,43,54)(H,44,53)/t29-,31?,33?/m0/s1. The van der Waals surface area contributed by atoms with Crippen LogP contribution in [0, 0.1) is 5.92 Å². The molecule has 2 saturated heterocycles. The first-order valence-electron chi connectivity index (χ1n) is 18.8. The van der Waals surface area contributed by atoms with E-state index in [4.69, 9.17) is 9.47 Å². The van der Waals surface area contributed by atoms with Crippen molar-refractivity contribution in [3.63, 3.8) is 0 Å². The molecule has 16 heteroatoms. The number of hydrogen-bond acceptors (Lipinski definition) is 10. The number of likely N-dealkylation sites (tertiary alicyclic amines) is 1. The Labute approximate surface area is 328 Å². The first-order valence-corrected chi connectivity index (χ1v) is 18.8. The van der Waals surface area contributed by atoms with Crippen LogP contribution in [0.3, 0.4) is 0 Å². The monoisotopic (exact) mass is 776 g/mol. The van der Waals surface area contributed by atoms with Gasteiger partial charge in [-0.2, -0.15) is 0 Å². The topological polar surface area (TPSA) is 194 Å². The average molecular weight is 777 g/mol. The molecule has 5 amide bonds. The summed E-state index contributed by atoms with van der Waals surface area (Å²) in [5.74, 6) is -2.96. The minimum Gasteiger partial charge on any atom is -0.493 e. The first kappa shape index (κ1) is 38.7.